The van der Waals surface area contributed by atoms with E-state index in [-0.39, 0.29) is 5.82 Å². The topological polar surface area (TPSA) is 39.9 Å². The second kappa shape index (κ2) is 6.06. The predicted molar refractivity (Wildman–Crippen MR) is 61.5 cm³/mol. The fraction of sp³-hybridized carbons (Fsp3) is 0.500. The highest BCUT2D eigenvalue weighted by molar-refractivity contribution is 5.39. The van der Waals surface area contributed by atoms with Gasteiger partial charge in [0.2, 0.25) is 0 Å². The van der Waals surface area contributed by atoms with Crippen LogP contribution >= 0.6 is 0 Å². The number of aromatic nitrogens is 1. The van der Waals surface area contributed by atoms with Crippen LogP contribution in [-0.4, -0.2) is 18.1 Å². The lowest BCUT2D eigenvalue weighted by molar-refractivity contribution is 0.574. The maximum Gasteiger partial charge on any atom is 0.165 e. The minimum absolute atomic E-state index is 0.332. The third kappa shape index (κ3) is 3.50. The van der Waals surface area contributed by atoms with Crippen molar-refractivity contribution in [1.82, 2.24) is 4.98 Å². The zero-order chi connectivity index (χ0) is 12.0. The molecule has 1 aromatic rings. The van der Waals surface area contributed by atoms with E-state index in [0.29, 0.717) is 31.2 Å². The number of nitrogens with zero attached hydrogens (tertiary/aromatic N) is 3. The fourth-order valence-electron chi connectivity index (χ4n) is 1.52. The van der Waals surface area contributed by atoms with Crippen molar-refractivity contribution in [3.8, 4) is 6.07 Å². The summed E-state index contributed by atoms with van der Waals surface area (Å²) in [4.78, 5) is 5.85. The standard InChI is InChI=1S/C12H16FN3/c1-10(2)9-16(8-4-6-14)12-11(13)5-3-7-15-12/h3,5,7,10H,4,8-9H2,1-2H3. The first kappa shape index (κ1) is 12.4. The summed E-state index contributed by atoms with van der Waals surface area (Å²) >= 11 is 0. The van der Waals surface area contributed by atoms with Crippen molar-refractivity contribution in [2.75, 3.05) is 18.0 Å². The van der Waals surface area contributed by atoms with Gasteiger partial charge >= 0.3 is 0 Å². The van der Waals surface area contributed by atoms with Crippen LogP contribution in [0.1, 0.15) is 20.3 Å². The first-order valence-electron chi connectivity index (χ1n) is 5.37. The summed E-state index contributed by atoms with van der Waals surface area (Å²) in [7, 11) is 0. The highest BCUT2D eigenvalue weighted by atomic mass is 19.1. The molecule has 0 aliphatic heterocycles. The molecule has 0 bridgehead atoms. The maximum atomic E-state index is 13.5. The Morgan fingerprint density at radius 3 is 2.88 bits per heavy atom. The van der Waals surface area contributed by atoms with Crippen molar-refractivity contribution >= 4 is 5.82 Å². The zero-order valence-corrected chi connectivity index (χ0v) is 9.65. The molecule has 0 radical (unpaired) electrons. The molecule has 0 atom stereocenters. The molecule has 0 amide bonds. The lowest BCUT2D eigenvalue weighted by Gasteiger charge is -2.24. The Kier molecular flexibility index (Phi) is 4.71. The van der Waals surface area contributed by atoms with Gasteiger partial charge in [0.25, 0.3) is 0 Å². The molecule has 0 fully saturated rings. The summed E-state index contributed by atoms with van der Waals surface area (Å²) in [5.74, 6) is 0.410. The van der Waals surface area contributed by atoms with E-state index >= 15 is 0 Å². The van der Waals surface area contributed by atoms with Crippen LogP contribution in [0.25, 0.3) is 0 Å². The Morgan fingerprint density at radius 2 is 2.31 bits per heavy atom. The third-order valence-corrected chi connectivity index (χ3v) is 2.12. The Labute approximate surface area is 95.5 Å². The van der Waals surface area contributed by atoms with Crippen molar-refractivity contribution in [1.29, 1.82) is 5.26 Å². The van der Waals surface area contributed by atoms with Gasteiger partial charge in [-0.25, -0.2) is 9.37 Å². The third-order valence-electron chi connectivity index (χ3n) is 2.12. The van der Waals surface area contributed by atoms with Crippen LogP contribution in [0.5, 0.6) is 0 Å². The molecule has 1 rings (SSSR count). The highest BCUT2D eigenvalue weighted by Crippen LogP contribution is 2.16. The smallest absolute Gasteiger partial charge is 0.165 e. The van der Waals surface area contributed by atoms with Crippen molar-refractivity contribution < 1.29 is 4.39 Å². The predicted octanol–water partition coefficient (Wildman–Crippen LogP) is 2.60. The Bertz CT molecular complexity index is 371. The van der Waals surface area contributed by atoms with Crippen molar-refractivity contribution in [3.05, 3.63) is 24.1 Å². The van der Waals surface area contributed by atoms with E-state index in [1.807, 2.05) is 4.90 Å². The number of rotatable bonds is 5. The molecule has 0 aliphatic carbocycles. The average molecular weight is 221 g/mol. The molecule has 86 valence electrons. The van der Waals surface area contributed by atoms with Crippen LogP contribution in [0, 0.1) is 23.1 Å². The van der Waals surface area contributed by atoms with E-state index in [2.05, 4.69) is 24.9 Å². The number of hydrogen-bond donors (Lipinski definition) is 0. The van der Waals surface area contributed by atoms with Crippen LogP contribution in [0.15, 0.2) is 18.3 Å². The van der Waals surface area contributed by atoms with Gasteiger partial charge in [-0.3, -0.25) is 0 Å². The lowest BCUT2D eigenvalue weighted by atomic mass is 10.2. The zero-order valence-electron chi connectivity index (χ0n) is 9.65. The molecule has 16 heavy (non-hydrogen) atoms. The largest absolute Gasteiger partial charge is 0.353 e. The summed E-state index contributed by atoms with van der Waals surface area (Å²) in [6.07, 6.45) is 1.95. The molecule has 0 spiro atoms. The van der Waals surface area contributed by atoms with E-state index in [1.165, 1.54) is 6.07 Å². The molecule has 0 aliphatic rings. The molecule has 4 heteroatoms. The molecule has 1 aromatic heterocycles. The van der Waals surface area contributed by atoms with Crippen LogP contribution in [0.2, 0.25) is 0 Å². The van der Waals surface area contributed by atoms with E-state index in [9.17, 15) is 4.39 Å². The second-order valence-electron chi connectivity index (χ2n) is 4.06. The van der Waals surface area contributed by atoms with Gasteiger partial charge in [0.1, 0.15) is 0 Å². The number of halogens is 1. The van der Waals surface area contributed by atoms with Gasteiger partial charge in [0, 0.05) is 19.3 Å². The fourth-order valence-corrected chi connectivity index (χ4v) is 1.52. The molecule has 0 saturated carbocycles. The van der Waals surface area contributed by atoms with Gasteiger partial charge in [-0.1, -0.05) is 13.8 Å². The Morgan fingerprint density at radius 1 is 1.56 bits per heavy atom. The molecule has 1 heterocycles. The van der Waals surface area contributed by atoms with Crippen LogP contribution in [0.3, 0.4) is 0 Å². The monoisotopic (exact) mass is 221 g/mol. The summed E-state index contributed by atoms with van der Waals surface area (Å²) in [5.41, 5.74) is 0. The molecule has 0 aromatic carbocycles. The summed E-state index contributed by atoms with van der Waals surface area (Å²) in [6.45, 7) is 5.33. The van der Waals surface area contributed by atoms with Crippen LogP contribution in [-0.2, 0) is 0 Å². The molecule has 0 saturated heterocycles. The summed E-state index contributed by atoms with van der Waals surface area (Å²) in [6, 6.07) is 5.03. The first-order valence-corrected chi connectivity index (χ1v) is 5.37. The van der Waals surface area contributed by atoms with Crippen molar-refractivity contribution in [3.63, 3.8) is 0 Å². The van der Waals surface area contributed by atoms with Gasteiger partial charge in [-0.15, -0.1) is 0 Å². The SMILES string of the molecule is CC(C)CN(CCC#N)c1ncccc1F. The minimum atomic E-state index is -0.332. The van der Waals surface area contributed by atoms with Gasteiger partial charge in [0.05, 0.1) is 12.5 Å². The lowest BCUT2D eigenvalue weighted by Crippen LogP contribution is -2.30. The van der Waals surface area contributed by atoms with E-state index in [1.54, 1.807) is 12.3 Å². The average Bonchev–Trinajstić information content (AvgIpc) is 2.24. The maximum absolute atomic E-state index is 13.5. The minimum Gasteiger partial charge on any atom is -0.353 e. The van der Waals surface area contributed by atoms with Crippen molar-refractivity contribution in [2.45, 2.75) is 20.3 Å². The summed E-state index contributed by atoms with van der Waals surface area (Å²) in [5, 5.41) is 8.57. The van der Waals surface area contributed by atoms with Crippen LogP contribution < -0.4 is 4.90 Å². The molecule has 0 N–H and O–H groups in total. The van der Waals surface area contributed by atoms with Gasteiger partial charge < -0.3 is 4.90 Å². The Hall–Kier alpha value is -1.63. The van der Waals surface area contributed by atoms with Crippen molar-refractivity contribution in [2.24, 2.45) is 5.92 Å². The highest BCUT2D eigenvalue weighted by Gasteiger charge is 2.13. The van der Waals surface area contributed by atoms with E-state index in [4.69, 9.17) is 5.26 Å². The summed E-state index contributed by atoms with van der Waals surface area (Å²) < 4.78 is 13.5. The number of hydrogen-bond acceptors (Lipinski definition) is 3. The first-order chi connectivity index (χ1) is 7.65. The van der Waals surface area contributed by atoms with Crippen LogP contribution in [0.4, 0.5) is 10.2 Å². The normalized spacial score (nSPS) is 10.2. The van der Waals surface area contributed by atoms with E-state index in [0.717, 1.165) is 0 Å². The Balaban J connectivity index is 2.83. The number of nitriles is 1. The van der Waals surface area contributed by atoms with Gasteiger partial charge in [-0.2, -0.15) is 5.26 Å². The molecular formula is C12H16FN3. The van der Waals surface area contributed by atoms with Gasteiger partial charge in [0.15, 0.2) is 11.6 Å². The quantitative estimate of drug-likeness (QED) is 0.767. The van der Waals surface area contributed by atoms with E-state index < -0.39 is 0 Å². The molecule has 3 nitrogen and oxygen atoms in total. The number of anilines is 1. The number of pyridine rings is 1. The molecule has 0 unspecified atom stereocenters. The second-order valence-corrected chi connectivity index (χ2v) is 4.06. The molecular weight excluding hydrogens is 205 g/mol. The van der Waals surface area contributed by atoms with Gasteiger partial charge in [-0.05, 0) is 18.1 Å².